The summed E-state index contributed by atoms with van der Waals surface area (Å²) in [4.78, 5) is 18.2. The molecule has 7 heteroatoms. The van der Waals surface area contributed by atoms with Gasteiger partial charge in [0.1, 0.15) is 0 Å². The summed E-state index contributed by atoms with van der Waals surface area (Å²) in [6.07, 6.45) is 0.643. The van der Waals surface area contributed by atoms with Crippen LogP contribution in [0.4, 0.5) is 10.6 Å². The third-order valence-corrected chi connectivity index (χ3v) is 5.11. The van der Waals surface area contributed by atoms with Gasteiger partial charge >= 0.3 is 6.16 Å². The molecule has 0 amide bonds. The van der Waals surface area contributed by atoms with Crippen molar-refractivity contribution in [2.24, 2.45) is 0 Å². The van der Waals surface area contributed by atoms with Crippen molar-refractivity contribution >= 4 is 46.1 Å². The molecule has 5 nitrogen and oxygen atoms in total. The Morgan fingerprint density at radius 3 is 2.48 bits per heavy atom. The van der Waals surface area contributed by atoms with Crippen molar-refractivity contribution in [2.75, 3.05) is 18.0 Å². The first-order valence-corrected chi connectivity index (χ1v) is 9.34. The molecule has 1 N–H and O–H groups in total. The van der Waals surface area contributed by atoms with E-state index in [-0.39, 0.29) is 5.75 Å². The lowest BCUT2D eigenvalue weighted by Crippen LogP contribution is -2.21. The Labute approximate surface area is 166 Å². The number of pyridine rings is 1. The van der Waals surface area contributed by atoms with Gasteiger partial charge in [0.05, 0.1) is 10.5 Å². The number of carboxylic acid groups (broad SMARTS) is 1. The highest BCUT2D eigenvalue weighted by Gasteiger charge is 2.26. The van der Waals surface area contributed by atoms with E-state index in [1.54, 1.807) is 12.1 Å². The van der Waals surface area contributed by atoms with Gasteiger partial charge in [0.15, 0.2) is 11.6 Å². The second-order valence-corrected chi connectivity index (χ2v) is 7.20. The third-order valence-electron chi connectivity index (χ3n) is 4.60. The molecule has 1 saturated heterocycles. The van der Waals surface area contributed by atoms with Gasteiger partial charge < -0.3 is 14.7 Å². The van der Waals surface area contributed by atoms with E-state index in [9.17, 15) is 9.90 Å². The average Bonchev–Trinajstić information content (AvgIpc) is 3.16. The third kappa shape index (κ3) is 3.40. The molecule has 0 saturated carbocycles. The van der Waals surface area contributed by atoms with Gasteiger partial charge in [-0.3, -0.25) is 0 Å². The number of hydrogen-bond acceptors (Lipinski definition) is 4. The normalized spacial score (nSPS) is 13.9. The monoisotopic (exact) mass is 402 g/mol. The number of hydrogen-bond donors (Lipinski definition) is 1. The lowest BCUT2D eigenvalue weighted by molar-refractivity contribution is 0.144. The lowest BCUT2D eigenvalue weighted by Gasteiger charge is -2.23. The van der Waals surface area contributed by atoms with Crippen LogP contribution in [0.2, 0.25) is 10.0 Å². The van der Waals surface area contributed by atoms with Crippen molar-refractivity contribution in [3.05, 3.63) is 52.5 Å². The van der Waals surface area contributed by atoms with E-state index in [2.05, 4.69) is 4.98 Å². The number of fused-ring (bicyclic) bond motifs is 1. The van der Waals surface area contributed by atoms with Crippen LogP contribution in [0.25, 0.3) is 22.0 Å². The average molecular weight is 403 g/mol. The highest BCUT2D eigenvalue weighted by atomic mass is 35.5. The molecule has 138 valence electrons. The fourth-order valence-corrected chi connectivity index (χ4v) is 4.02. The van der Waals surface area contributed by atoms with Crippen LogP contribution in [-0.4, -0.2) is 29.3 Å². The minimum Gasteiger partial charge on any atom is -0.449 e. The molecule has 0 radical (unpaired) electrons. The van der Waals surface area contributed by atoms with Crippen LogP contribution in [0, 0.1) is 0 Å². The maximum Gasteiger partial charge on any atom is 0.511 e. The quantitative estimate of drug-likeness (QED) is 0.555. The number of anilines is 1. The largest absolute Gasteiger partial charge is 0.511 e. The van der Waals surface area contributed by atoms with Crippen LogP contribution >= 0.6 is 23.2 Å². The highest BCUT2D eigenvalue weighted by molar-refractivity contribution is 6.39. The van der Waals surface area contributed by atoms with Crippen LogP contribution in [0.1, 0.15) is 12.8 Å². The zero-order chi connectivity index (χ0) is 19.0. The molecule has 4 rings (SSSR count). The van der Waals surface area contributed by atoms with Crippen LogP contribution in [0.15, 0.2) is 42.5 Å². The standard InChI is InChI=1S/C20H16Cl2N2O3/c21-13-10-14-16(12-6-2-1-3-7-12)18(27-20(25)26)19(24-8-4-5-9-24)23-17(14)15(22)11-13/h1-3,6-7,10-11H,4-5,8-9H2,(H,25,26). The predicted molar refractivity (Wildman–Crippen MR) is 107 cm³/mol. The second kappa shape index (κ2) is 7.25. The second-order valence-electron chi connectivity index (χ2n) is 6.35. The highest BCUT2D eigenvalue weighted by Crippen LogP contribution is 2.45. The van der Waals surface area contributed by atoms with Gasteiger partial charge in [0.25, 0.3) is 0 Å². The summed E-state index contributed by atoms with van der Waals surface area (Å²) in [5, 5.41) is 10.9. The summed E-state index contributed by atoms with van der Waals surface area (Å²) in [5.74, 6) is 0.701. The number of rotatable bonds is 3. The maximum atomic E-state index is 11.5. The Bertz CT molecular complexity index is 1020. The Kier molecular flexibility index (Phi) is 4.81. The van der Waals surface area contributed by atoms with E-state index in [1.807, 2.05) is 35.2 Å². The maximum absolute atomic E-state index is 11.5. The van der Waals surface area contributed by atoms with Gasteiger partial charge in [-0.2, -0.15) is 0 Å². The first kappa shape index (κ1) is 17.9. The molecule has 1 aliphatic rings. The molecule has 2 aromatic carbocycles. The molecular formula is C20H16Cl2N2O3. The first-order valence-electron chi connectivity index (χ1n) is 8.58. The van der Waals surface area contributed by atoms with E-state index in [0.29, 0.717) is 32.3 Å². The van der Waals surface area contributed by atoms with Crippen LogP contribution in [-0.2, 0) is 0 Å². The van der Waals surface area contributed by atoms with Crippen LogP contribution < -0.4 is 9.64 Å². The van der Waals surface area contributed by atoms with E-state index < -0.39 is 6.16 Å². The topological polar surface area (TPSA) is 62.7 Å². The SMILES string of the molecule is O=C(O)Oc1c(N2CCCC2)nc2c(Cl)cc(Cl)cc2c1-c1ccccc1. The van der Waals surface area contributed by atoms with Crippen LogP contribution in [0.3, 0.4) is 0 Å². The molecule has 1 aromatic heterocycles. The van der Waals surface area contributed by atoms with Gasteiger partial charge in [-0.25, -0.2) is 9.78 Å². The molecule has 0 bridgehead atoms. The first-order chi connectivity index (χ1) is 13.0. The fraction of sp³-hybridized carbons (Fsp3) is 0.200. The molecule has 1 aliphatic heterocycles. The number of nitrogens with zero attached hydrogens (tertiary/aromatic N) is 2. The summed E-state index contributed by atoms with van der Waals surface area (Å²) >= 11 is 12.7. The predicted octanol–water partition coefficient (Wildman–Crippen LogP) is 5.87. The zero-order valence-corrected chi connectivity index (χ0v) is 15.8. The minimum absolute atomic E-state index is 0.210. The number of carbonyl (C=O) groups is 1. The molecule has 1 fully saturated rings. The molecule has 27 heavy (non-hydrogen) atoms. The van der Waals surface area contributed by atoms with Crippen LogP contribution in [0.5, 0.6) is 5.75 Å². The van der Waals surface area contributed by atoms with Crippen molar-refractivity contribution in [3.63, 3.8) is 0 Å². The minimum atomic E-state index is -1.39. The fourth-order valence-electron chi connectivity index (χ4n) is 3.48. The van der Waals surface area contributed by atoms with E-state index in [4.69, 9.17) is 27.9 Å². The number of benzene rings is 2. The summed E-state index contributed by atoms with van der Waals surface area (Å²) in [6, 6.07) is 12.8. The van der Waals surface area contributed by atoms with Crippen molar-refractivity contribution in [1.29, 1.82) is 0 Å². The lowest BCUT2D eigenvalue weighted by atomic mass is 9.99. The van der Waals surface area contributed by atoms with Gasteiger partial charge in [0, 0.05) is 29.1 Å². The smallest absolute Gasteiger partial charge is 0.449 e. The van der Waals surface area contributed by atoms with Gasteiger partial charge in [0.2, 0.25) is 0 Å². The Morgan fingerprint density at radius 2 is 1.81 bits per heavy atom. The Morgan fingerprint density at radius 1 is 1.11 bits per heavy atom. The zero-order valence-electron chi connectivity index (χ0n) is 14.3. The van der Waals surface area contributed by atoms with Gasteiger partial charge in [-0.05, 0) is 30.5 Å². The molecule has 0 unspecified atom stereocenters. The molecular weight excluding hydrogens is 387 g/mol. The van der Waals surface area contributed by atoms with Crippen molar-refractivity contribution in [2.45, 2.75) is 12.8 Å². The Balaban J connectivity index is 2.11. The molecule has 0 spiro atoms. The Hall–Kier alpha value is -2.50. The van der Waals surface area contributed by atoms with E-state index in [0.717, 1.165) is 31.5 Å². The summed E-state index contributed by atoms with van der Waals surface area (Å²) in [6.45, 7) is 1.57. The summed E-state index contributed by atoms with van der Waals surface area (Å²) in [5.41, 5.74) is 1.99. The number of aromatic nitrogens is 1. The van der Waals surface area contributed by atoms with E-state index in [1.165, 1.54) is 0 Å². The van der Waals surface area contributed by atoms with Gasteiger partial charge in [-0.15, -0.1) is 0 Å². The molecule has 0 aliphatic carbocycles. The van der Waals surface area contributed by atoms with Crippen molar-refractivity contribution < 1.29 is 14.6 Å². The molecule has 2 heterocycles. The van der Waals surface area contributed by atoms with Crippen molar-refractivity contribution in [1.82, 2.24) is 4.98 Å². The molecule has 3 aromatic rings. The number of halogens is 2. The van der Waals surface area contributed by atoms with E-state index >= 15 is 0 Å². The number of ether oxygens (including phenoxy) is 1. The molecule has 0 atom stereocenters. The summed E-state index contributed by atoms with van der Waals surface area (Å²) < 4.78 is 5.26. The van der Waals surface area contributed by atoms with Gasteiger partial charge in [-0.1, -0.05) is 53.5 Å². The van der Waals surface area contributed by atoms with Crippen molar-refractivity contribution in [3.8, 4) is 16.9 Å². The summed E-state index contributed by atoms with van der Waals surface area (Å²) in [7, 11) is 0.